The van der Waals surface area contributed by atoms with Crippen molar-refractivity contribution in [3.05, 3.63) is 22.1 Å². The van der Waals surface area contributed by atoms with Gasteiger partial charge in [-0.1, -0.05) is 37.0 Å². The van der Waals surface area contributed by atoms with E-state index in [-0.39, 0.29) is 36.6 Å². The molecule has 0 unspecified atom stereocenters. The van der Waals surface area contributed by atoms with Crippen molar-refractivity contribution in [3.8, 4) is 0 Å². The van der Waals surface area contributed by atoms with E-state index in [4.69, 9.17) is 5.53 Å². The predicted molar refractivity (Wildman–Crippen MR) is 111 cm³/mol. The second-order valence-corrected chi connectivity index (χ2v) is 9.53. The molecule has 11 heteroatoms. The van der Waals surface area contributed by atoms with Gasteiger partial charge in [-0.2, -0.15) is 26.3 Å². The maximum atomic E-state index is 13.5. The first kappa shape index (κ1) is 27.8. The molecule has 0 N–H and O–H groups in total. The van der Waals surface area contributed by atoms with Crippen LogP contribution in [0.15, 0.2) is 16.8 Å². The van der Waals surface area contributed by atoms with Crippen molar-refractivity contribution in [1.29, 1.82) is 0 Å². The fourth-order valence-corrected chi connectivity index (χ4v) is 6.17. The Hall–Kier alpha value is -1.45. The fraction of sp³-hybridized carbons (Fsp3) is 0.909. The standard InChI is InChI=1S/C22H33F6N3O2/c1-15(6-4-12-20(21(23,24)25,22(26,27)28)33-14-32-3)17-8-9-18-16(10-13-30-31-29)7-5-11-19(17,18)2/h10,15,17-18H,4-9,11-14H2,1-3H3/b16-10+/t15-,17-,18+,19-/m1/s1. The molecule has 33 heavy (non-hydrogen) atoms. The summed E-state index contributed by atoms with van der Waals surface area (Å²) in [5, 5.41) is 3.58. The highest BCUT2D eigenvalue weighted by Crippen LogP contribution is 2.60. The van der Waals surface area contributed by atoms with E-state index >= 15 is 0 Å². The number of alkyl halides is 6. The van der Waals surface area contributed by atoms with Gasteiger partial charge in [0.1, 0.15) is 6.79 Å². The van der Waals surface area contributed by atoms with E-state index < -0.39 is 31.2 Å². The normalized spacial score (nSPS) is 28.5. The van der Waals surface area contributed by atoms with E-state index in [9.17, 15) is 26.3 Å². The first-order valence-electron chi connectivity index (χ1n) is 11.3. The summed E-state index contributed by atoms with van der Waals surface area (Å²) in [5.41, 5.74) is 5.47. The lowest BCUT2D eigenvalue weighted by molar-refractivity contribution is -0.394. The van der Waals surface area contributed by atoms with Crippen molar-refractivity contribution in [2.45, 2.75) is 83.2 Å². The van der Waals surface area contributed by atoms with Crippen LogP contribution in [-0.4, -0.2) is 38.4 Å². The SMILES string of the molecule is COCOC(CCC[C@@H](C)[C@H]1CC[C@H]2/C(=C/CN=[N+]=[N-])CCC[C@]12C)(C(F)(F)F)C(F)(F)F. The van der Waals surface area contributed by atoms with E-state index in [1.54, 1.807) is 0 Å². The van der Waals surface area contributed by atoms with Gasteiger partial charge in [0.15, 0.2) is 0 Å². The molecule has 0 saturated heterocycles. The van der Waals surface area contributed by atoms with Gasteiger partial charge in [-0.3, -0.25) is 0 Å². The molecular formula is C22H33F6N3O2. The van der Waals surface area contributed by atoms with E-state index in [0.717, 1.165) is 39.2 Å². The second-order valence-electron chi connectivity index (χ2n) is 9.53. The van der Waals surface area contributed by atoms with Crippen LogP contribution in [0.25, 0.3) is 10.4 Å². The molecule has 0 heterocycles. The van der Waals surface area contributed by atoms with Crippen LogP contribution in [-0.2, 0) is 9.47 Å². The molecule has 4 atom stereocenters. The number of hydrogen-bond donors (Lipinski definition) is 0. The Morgan fingerprint density at radius 1 is 1.21 bits per heavy atom. The Morgan fingerprint density at radius 2 is 1.88 bits per heavy atom. The molecule has 2 saturated carbocycles. The van der Waals surface area contributed by atoms with Crippen molar-refractivity contribution < 1.29 is 35.8 Å². The highest BCUT2D eigenvalue weighted by Gasteiger charge is 2.71. The van der Waals surface area contributed by atoms with E-state index in [2.05, 4.69) is 26.4 Å². The van der Waals surface area contributed by atoms with Crippen LogP contribution < -0.4 is 0 Å². The van der Waals surface area contributed by atoms with Crippen LogP contribution in [0.3, 0.4) is 0 Å². The molecule has 0 aromatic heterocycles. The van der Waals surface area contributed by atoms with Crippen molar-refractivity contribution in [2.24, 2.45) is 28.3 Å². The van der Waals surface area contributed by atoms with Crippen molar-refractivity contribution in [3.63, 3.8) is 0 Å². The average molecular weight is 486 g/mol. The minimum absolute atomic E-state index is 0.0296. The highest BCUT2D eigenvalue weighted by atomic mass is 19.4. The zero-order chi connectivity index (χ0) is 24.9. The number of azide groups is 1. The lowest BCUT2D eigenvalue weighted by Gasteiger charge is -2.44. The summed E-state index contributed by atoms with van der Waals surface area (Å²) in [6.07, 6.45) is -5.77. The van der Waals surface area contributed by atoms with Gasteiger partial charge in [0.05, 0.1) is 0 Å². The molecule has 0 radical (unpaired) electrons. The zero-order valence-electron chi connectivity index (χ0n) is 19.3. The minimum Gasteiger partial charge on any atom is -0.359 e. The van der Waals surface area contributed by atoms with Gasteiger partial charge >= 0.3 is 12.4 Å². The Balaban J connectivity index is 2.11. The van der Waals surface area contributed by atoms with Gasteiger partial charge in [-0.05, 0) is 73.6 Å². The van der Waals surface area contributed by atoms with Gasteiger partial charge in [-0.25, -0.2) is 0 Å². The van der Waals surface area contributed by atoms with E-state index in [1.165, 1.54) is 5.57 Å². The quantitative estimate of drug-likeness (QED) is 0.0793. The molecule has 0 amide bonds. The molecule has 2 rings (SSSR count). The molecule has 0 bridgehead atoms. The number of allylic oxidation sites excluding steroid dienone is 1. The smallest absolute Gasteiger partial charge is 0.359 e. The molecule has 0 spiro atoms. The van der Waals surface area contributed by atoms with Crippen LogP contribution in [0, 0.1) is 23.2 Å². The molecule has 2 fully saturated rings. The molecule has 2 aliphatic carbocycles. The number of halogens is 6. The molecule has 0 aromatic carbocycles. The largest absolute Gasteiger partial charge is 0.426 e. The fourth-order valence-electron chi connectivity index (χ4n) is 6.17. The Bertz CT molecular complexity index is 719. The summed E-state index contributed by atoms with van der Waals surface area (Å²) in [7, 11) is 0.982. The lowest BCUT2D eigenvalue weighted by atomic mass is 9.60. The summed E-state index contributed by atoms with van der Waals surface area (Å²) in [6.45, 7) is 3.30. The monoisotopic (exact) mass is 485 g/mol. The first-order chi connectivity index (χ1) is 15.3. The van der Waals surface area contributed by atoms with Gasteiger partial charge in [0, 0.05) is 18.6 Å². The molecule has 5 nitrogen and oxygen atoms in total. The Kier molecular flexibility index (Phi) is 9.15. The average Bonchev–Trinajstić information content (AvgIpc) is 3.06. The number of nitrogens with zero attached hydrogens (tertiary/aromatic N) is 3. The number of hydrogen-bond acceptors (Lipinski definition) is 3. The topological polar surface area (TPSA) is 67.2 Å². The summed E-state index contributed by atoms with van der Waals surface area (Å²) in [4.78, 5) is 2.77. The van der Waals surface area contributed by atoms with Gasteiger partial charge in [0.2, 0.25) is 0 Å². The number of methoxy groups -OCH3 is 1. The van der Waals surface area contributed by atoms with Crippen LogP contribution in [0.5, 0.6) is 0 Å². The van der Waals surface area contributed by atoms with E-state index in [0.29, 0.717) is 5.92 Å². The zero-order valence-corrected chi connectivity index (χ0v) is 19.3. The third-order valence-corrected chi connectivity index (χ3v) is 7.75. The summed E-state index contributed by atoms with van der Waals surface area (Å²) in [6, 6.07) is 0. The lowest BCUT2D eigenvalue weighted by Crippen LogP contribution is -2.59. The van der Waals surface area contributed by atoms with Crippen LogP contribution in [0.4, 0.5) is 26.3 Å². The summed E-state index contributed by atoms with van der Waals surface area (Å²) in [5.74, 6) is 0.483. The number of rotatable bonds is 10. The van der Waals surface area contributed by atoms with Crippen molar-refractivity contribution in [1.82, 2.24) is 0 Å². The van der Waals surface area contributed by atoms with Crippen molar-refractivity contribution >= 4 is 0 Å². The van der Waals surface area contributed by atoms with Crippen molar-refractivity contribution in [2.75, 3.05) is 20.4 Å². The third-order valence-electron chi connectivity index (χ3n) is 7.75. The number of ether oxygens (including phenoxy) is 2. The van der Waals surface area contributed by atoms with Gasteiger partial charge in [0.25, 0.3) is 5.60 Å². The first-order valence-corrected chi connectivity index (χ1v) is 11.3. The van der Waals surface area contributed by atoms with E-state index in [1.807, 2.05) is 13.0 Å². The van der Waals surface area contributed by atoms with Crippen LogP contribution in [0.2, 0.25) is 0 Å². The summed E-state index contributed by atoms with van der Waals surface area (Å²) >= 11 is 0. The van der Waals surface area contributed by atoms with Crippen LogP contribution >= 0.6 is 0 Å². The molecule has 0 aromatic rings. The predicted octanol–water partition coefficient (Wildman–Crippen LogP) is 7.73. The molecule has 190 valence electrons. The maximum absolute atomic E-state index is 13.5. The molecule has 2 aliphatic rings. The number of fused-ring (bicyclic) bond motifs is 1. The maximum Gasteiger partial charge on any atom is 0.426 e. The Morgan fingerprint density at radius 3 is 2.45 bits per heavy atom. The Labute approximate surface area is 190 Å². The third kappa shape index (κ3) is 5.80. The summed E-state index contributed by atoms with van der Waals surface area (Å²) < 4.78 is 89.8. The van der Waals surface area contributed by atoms with Gasteiger partial charge < -0.3 is 9.47 Å². The van der Waals surface area contributed by atoms with Crippen LogP contribution in [0.1, 0.15) is 65.2 Å². The molecular weight excluding hydrogens is 452 g/mol. The highest BCUT2D eigenvalue weighted by molar-refractivity contribution is 5.19. The second kappa shape index (κ2) is 10.9. The minimum atomic E-state index is -5.60. The molecule has 0 aliphatic heterocycles. The van der Waals surface area contributed by atoms with Gasteiger partial charge in [-0.15, -0.1) is 0 Å².